The van der Waals surface area contributed by atoms with Crippen LogP contribution in [0, 0.1) is 5.41 Å². The smallest absolute Gasteiger partial charge is 0.228 e. The normalized spacial score (nSPS) is 16.6. The summed E-state index contributed by atoms with van der Waals surface area (Å²) in [4.78, 5) is 14.1. The second kappa shape index (κ2) is 4.39. The summed E-state index contributed by atoms with van der Waals surface area (Å²) in [5.74, 6) is 0.178. The predicted octanol–water partition coefficient (Wildman–Crippen LogP) is 2.63. The molecule has 0 spiro atoms. The molecular weight excluding hydrogens is 226 g/mol. The van der Waals surface area contributed by atoms with E-state index in [9.17, 15) is 9.90 Å². The summed E-state index contributed by atoms with van der Waals surface area (Å²) < 4.78 is 0. The second-order valence-electron chi connectivity index (χ2n) is 6.12. The van der Waals surface area contributed by atoms with E-state index in [1.807, 2.05) is 43.9 Å². The summed E-state index contributed by atoms with van der Waals surface area (Å²) in [6.45, 7) is 8.94. The van der Waals surface area contributed by atoms with Crippen molar-refractivity contribution >= 4 is 5.91 Å². The highest BCUT2D eigenvalue weighted by Gasteiger charge is 2.31. The number of aliphatic hydroxyl groups is 1. The van der Waals surface area contributed by atoms with Crippen molar-refractivity contribution in [3.05, 3.63) is 34.9 Å². The molecule has 3 heteroatoms. The molecule has 0 aliphatic carbocycles. The molecule has 0 saturated heterocycles. The predicted molar refractivity (Wildman–Crippen MR) is 70.8 cm³/mol. The monoisotopic (exact) mass is 247 g/mol. The molecule has 1 aromatic rings. The van der Waals surface area contributed by atoms with Crippen LogP contribution in [-0.4, -0.2) is 15.9 Å². The third-order valence-corrected chi connectivity index (χ3v) is 3.36. The van der Waals surface area contributed by atoms with Gasteiger partial charge in [-0.15, -0.1) is 0 Å². The zero-order valence-corrected chi connectivity index (χ0v) is 11.5. The van der Waals surface area contributed by atoms with Gasteiger partial charge in [0.1, 0.15) is 0 Å². The van der Waals surface area contributed by atoms with E-state index in [-0.39, 0.29) is 11.3 Å². The van der Waals surface area contributed by atoms with E-state index < -0.39 is 6.10 Å². The van der Waals surface area contributed by atoms with Gasteiger partial charge in [0.25, 0.3) is 0 Å². The number of hydrogen-bond donors (Lipinski definition) is 1. The van der Waals surface area contributed by atoms with Crippen molar-refractivity contribution in [2.75, 3.05) is 0 Å². The van der Waals surface area contributed by atoms with Crippen LogP contribution in [0.5, 0.6) is 0 Å². The van der Waals surface area contributed by atoms with Gasteiger partial charge in [-0.05, 0) is 23.6 Å². The fourth-order valence-corrected chi connectivity index (χ4v) is 2.29. The standard InChI is InChI=1S/C15H21NO2/c1-10(17)11-5-6-12-8-16(9-13(12)7-11)14(18)15(2,3)4/h5-7,10,17H,8-9H2,1-4H3. The van der Waals surface area contributed by atoms with Crippen LogP contribution in [0.4, 0.5) is 0 Å². The molecule has 3 nitrogen and oxygen atoms in total. The minimum Gasteiger partial charge on any atom is -0.389 e. The number of nitrogens with zero attached hydrogens (tertiary/aromatic N) is 1. The molecule has 1 aliphatic heterocycles. The molecule has 98 valence electrons. The van der Waals surface area contributed by atoms with Crippen molar-refractivity contribution in [3.8, 4) is 0 Å². The van der Waals surface area contributed by atoms with Gasteiger partial charge >= 0.3 is 0 Å². The molecule has 1 atom stereocenters. The molecule has 0 saturated carbocycles. The Morgan fingerprint density at radius 3 is 2.44 bits per heavy atom. The third-order valence-electron chi connectivity index (χ3n) is 3.36. The quantitative estimate of drug-likeness (QED) is 0.828. The van der Waals surface area contributed by atoms with Gasteiger partial charge in [0, 0.05) is 18.5 Å². The highest BCUT2D eigenvalue weighted by Crippen LogP contribution is 2.29. The van der Waals surface area contributed by atoms with E-state index in [0.717, 1.165) is 11.1 Å². The number of fused-ring (bicyclic) bond motifs is 1. The van der Waals surface area contributed by atoms with Crippen molar-refractivity contribution < 1.29 is 9.90 Å². The van der Waals surface area contributed by atoms with Gasteiger partial charge < -0.3 is 10.0 Å². The Bertz CT molecular complexity index is 472. The highest BCUT2D eigenvalue weighted by atomic mass is 16.3. The van der Waals surface area contributed by atoms with Crippen LogP contribution in [0.25, 0.3) is 0 Å². The molecule has 2 rings (SSSR count). The van der Waals surface area contributed by atoms with E-state index in [1.54, 1.807) is 6.92 Å². The minimum atomic E-state index is -0.456. The maximum absolute atomic E-state index is 12.2. The van der Waals surface area contributed by atoms with Gasteiger partial charge in [-0.2, -0.15) is 0 Å². The Hall–Kier alpha value is -1.35. The van der Waals surface area contributed by atoms with Crippen LogP contribution in [0.15, 0.2) is 18.2 Å². The molecule has 1 aromatic carbocycles. The first-order valence-electron chi connectivity index (χ1n) is 6.38. The van der Waals surface area contributed by atoms with E-state index in [4.69, 9.17) is 0 Å². The maximum Gasteiger partial charge on any atom is 0.228 e. The Labute approximate surface area is 108 Å². The lowest BCUT2D eigenvalue weighted by Gasteiger charge is -2.25. The zero-order chi connectivity index (χ0) is 13.5. The number of benzene rings is 1. The molecule has 0 aromatic heterocycles. The lowest BCUT2D eigenvalue weighted by Crippen LogP contribution is -2.35. The van der Waals surface area contributed by atoms with E-state index in [1.165, 1.54) is 5.56 Å². The van der Waals surface area contributed by atoms with E-state index in [2.05, 4.69) is 0 Å². The number of hydrogen-bond acceptors (Lipinski definition) is 2. The number of amides is 1. The topological polar surface area (TPSA) is 40.5 Å². The SMILES string of the molecule is CC(O)c1ccc2c(c1)CN(C(=O)C(C)(C)C)C2. The van der Waals surface area contributed by atoms with Crippen molar-refractivity contribution in [2.45, 2.75) is 46.9 Å². The lowest BCUT2D eigenvalue weighted by atomic mass is 9.95. The van der Waals surface area contributed by atoms with Crippen LogP contribution < -0.4 is 0 Å². The molecule has 0 bridgehead atoms. The lowest BCUT2D eigenvalue weighted by molar-refractivity contribution is -0.140. The van der Waals surface area contributed by atoms with Crippen molar-refractivity contribution in [2.24, 2.45) is 5.41 Å². The van der Waals surface area contributed by atoms with Gasteiger partial charge in [0.2, 0.25) is 5.91 Å². The summed E-state index contributed by atoms with van der Waals surface area (Å²) >= 11 is 0. The molecule has 18 heavy (non-hydrogen) atoms. The summed E-state index contributed by atoms with van der Waals surface area (Å²) in [5, 5.41) is 9.58. The summed E-state index contributed by atoms with van der Waals surface area (Å²) in [6, 6.07) is 5.97. The fraction of sp³-hybridized carbons (Fsp3) is 0.533. The molecule has 1 N–H and O–H groups in total. The van der Waals surface area contributed by atoms with Gasteiger partial charge in [0.15, 0.2) is 0 Å². The van der Waals surface area contributed by atoms with Crippen LogP contribution in [-0.2, 0) is 17.9 Å². The molecule has 0 fully saturated rings. The third kappa shape index (κ3) is 2.41. The van der Waals surface area contributed by atoms with Crippen LogP contribution in [0.3, 0.4) is 0 Å². The first-order chi connectivity index (χ1) is 8.29. The summed E-state index contributed by atoms with van der Waals surface area (Å²) in [7, 11) is 0. The molecule has 1 aliphatic rings. The fourth-order valence-electron chi connectivity index (χ4n) is 2.29. The molecule has 1 amide bonds. The minimum absolute atomic E-state index is 0.178. The molecule has 1 unspecified atom stereocenters. The maximum atomic E-state index is 12.2. The second-order valence-corrected chi connectivity index (χ2v) is 6.12. The Kier molecular flexibility index (Phi) is 3.20. The van der Waals surface area contributed by atoms with Crippen molar-refractivity contribution in [1.82, 2.24) is 4.90 Å². The number of carbonyl (C=O) groups excluding carboxylic acids is 1. The van der Waals surface area contributed by atoms with Crippen LogP contribution in [0.2, 0.25) is 0 Å². The summed E-state index contributed by atoms with van der Waals surface area (Å²) in [6.07, 6.45) is -0.456. The highest BCUT2D eigenvalue weighted by molar-refractivity contribution is 5.82. The Morgan fingerprint density at radius 1 is 1.28 bits per heavy atom. The average Bonchev–Trinajstić information content (AvgIpc) is 2.68. The number of aliphatic hydroxyl groups excluding tert-OH is 1. The first kappa shape index (κ1) is 13.1. The largest absolute Gasteiger partial charge is 0.389 e. The van der Waals surface area contributed by atoms with Crippen molar-refractivity contribution in [3.63, 3.8) is 0 Å². The van der Waals surface area contributed by atoms with Gasteiger partial charge in [-0.25, -0.2) is 0 Å². The van der Waals surface area contributed by atoms with Crippen LogP contribution in [0.1, 0.15) is 50.5 Å². The summed E-state index contributed by atoms with van der Waals surface area (Å²) in [5.41, 5.74) is 2.93. The number of rotatable bonds is 1. The van der Waals surface area contributed by atoms with E-state index in [0.29, 0.717) is 13.1 Å². The van der Waals surface area contributed by atoms with Gasteiger partial charge in [-0.1, -0.05) is 39.0 Å². The Morgan fingerprint density at radius 2 is 1.89 bits per heavy atom. The van der Waals surface area contributed by atoms with Gasteiger partial charge in [-0.3, -0.25) is 4.79 Å². The zero-order valence-electron chi connectivity index (χ0n) is 11.5. The molecular formula is C15H21NO2. The van der Waals surface area contributed by atoms with Crippen LogP contribution >= 0.6 is 0 Å². The average molecular weight is 247 g/mol. The molecule has 0 radical (unpaired) electrons. The first-order valence-corrected chi connectivity index (χ1v) is 6.38. The number of carbonyl (C=O) groups is 1. The molecule has 1 heterocycles. The van der Waals surface area contributed by atoms with Gasteiger partial charge in [0.05, 0.1) is 6.10 Å². The Balaban J connectivity index is 2.20. The van der Waals surface area contributed by atoms with E-state index >= 15 is 0 Å². The van der Waals surface area contributed by atoms with Crippen molar-refractivity contribution in [1.29, 1.82) is 0 Å².